The number of unbranched alkanes of at least 4 members (excludes halogenated alkanes) is 1. The summed E-state index contributed by atoms with van der Waals surface area (Å²) in [5, 5.41) is 8.71. The highest BCUT2D eigenvalue weighted by Gasteiger charge is 2.00. The molecule has 0 aromatic rings. The van der Waals surface area contributed by atoms with Crippen molar-refractivity contribution < 1.29 is 19.2 Å². The fraction of sp³-hybridized carbons (Fsp3) is 0.769. The van der Waals surface area contributed by atoms with Crippen molar-refractivity contribution in [3.63, 3.8) is 0 Å². The Morgan fingerprint density at radius 3 is 2.70 bits per heavy atom. The van der Waals surface area contributed by atoms with Crippen LogP contribution in [0, 0.1) is 0 Å². The highest BCUT2D eigenvalue weighted by molar-refractivity contribution is 6.25. The molecule has 0 aromatic heterocycles. The number of amides is 2. The summed E-state index contributed by atoms with van der Waals surface area (Å²) in [4.78, 5) is 27.0. The van der Waals surface area contributed by atoms with Crippen molar-refractivity contribution in [1.29, 1.82) is 0 Å². The highest BCUT2D eigenvalue weighted by Crippen LogP contribution is 1.92. The van der Waals surface area contributed by atoms with Crippen LogP contribution in [0.3, 0.4) is 0 Å². The molecule has 0 spiro atoms. The SMILES string of the molecule is CCOCCCC(=O)NCCCCO/N=C\C(=O)NC. The number of hydrogen-bond acceptors (Lipinski definition) is 5. The zero-order valence-electron chi connectivity index (χ0n) is 12.3. The molecule has 7 heteroatoms. The molecule has 0 aliphatic rings. The van der Waals surface area contributed by atoms with Crippen molar-refractivity contribution in [2.45, 2.75) is 32.6 Å². The van der Waals surface area contributed by atoms with Crippen LogP contribution in [0.5, 0.6) is 0 Å². The lowest BCUT2D eigenvalue weighted by Crippen LogP contribution is -2.24. The fourth-order valence-electron chi connectivity index (χ4n) is 1.29. The minimum atomic E-state index is -0.302. The predicted octanol–water partition coefficient (Wildman–Crippen LogP) is 0.448. The topological polar surface area (TPSA) is 89.0 Å². The van der Waals surface area contributed by atoms with E-state index in [-0.39, 0.29) is 11.8 Å². The van der Waals surface area contributed by atoms with Gasteiger partial charge in [0.2, 0.25) is 5.91 Å². The van der Waals surface area contributed by atoms with Crippen molar-refractivity contribution in [3.8, 4) is 0 Å². The Bertz CT molecular complexity index is 295. The van der Waals surface area contributed by atoms with Crippen molar-refractivity contribution >= 4 is 18.0 Å². The molecule has 20 heavy (non-hydrogen) atoms. The van der Waals surface area contributed by atoms with E-state index in [9.17, 15) is 9.59 Å². The summed E-state index contributed by atoms with van der Waals surface area (Å²) in [5.41, 5.74) is 0. The molecule has 0 bridgehead atoms. The van der Waals surface area contributed by atoms with Crippen LogP contribution >= 0.6 is 0 Å². The van der Waals surface area contributed by atoms with Gasteiger partial charge in [-0.15, -0.1) is 0 Å². The third-order valence-corrected chi connectivity index (χ3v) is 2.37. The minimum Gasteiger partial charge on any atom is -0.396 e. The van der Waals surface area contributed by atoms with Gasteiger partial charge >= 0.3 is 0 Å². The molecule has 0 aliphatic heterocycles. The molecule has 0 aliphatic carbocycles. The summed E-state index contributed by atoms with van der Waals surface area (Å²) >= 11 is 0. The predicted molar refractivity (Wildman–Crippen MR) is 76.5 cm³/mol. The van der Waals surface area contributed by atoms with Crippen LogP contribution in [0.2, 0.25) is 0 Å². The largest absolute Gasteiger partial charge is 0.396 e. The van der Waals surface area contributed by atoms with Crippen LogP contribution in [0.1, 0.15) is 32.6 Å². The van der Waals surface area contributed by atoms with Crippen molar-refractivity contribution in [2.24, 2.45) is 5.16 Å². The first-order chi connectivity index (χ1) is 9.70. The van der Waals surface area contributed by atoms with Crippen LogP contribution in [0.4, 0.5) is 0 Å². The molecule has 7 nitrogen and oxygen atoms in total. The summed E-state index contributed by atoms with van der Waals surface area (Å²) in [6, 6.07) is 0. The number of rotatable bonds is 12. The van der Waals surface area contributed by atoms with Gasteiger partial charge in [0.1, 0.15) is 12.8 Å². The quantitative estimate of drug-likeness (QED) is 0.310. The molecule has 2 N–H and O–H groups in total. The van der Waals surface area contributed by atoms with E-state index in [1.807, 2.05) is 6.92 Å². The third kappa shape index (κ3) is 12.8. The van der Waals surface area contributed by atoms with Gasteiger partial charge < -0.3 is 20.2 Å². The Balaban J connectivity index is 3.29. The Morgan fingerprint density at radius 1 is 1.20 bits per heavy atom. The van der Waals surface area contributed by atoms with E-state index < -0.39 is 0 Å². The Morgan fingerprint density at radius 2 is 2.00 bits per heavy atom. The molecule has 0 saturated heterocycles. The van der Waals surface area contributed by atoms with Crippen molar-refractivity contribution in [2.75, 3.05) is 33.4 Å². The molecule has 116 valence electrons. The number of carbonyl (C=O) groups is 2. The molecule has 0 fully saturated rings. The van der Waals surface area contributed by atoms with E-state index >= 15 is 0 Å². The fourth-order valence-corrected chi connectivity index (χ4v) is 1.29. The lowest BCUT2D eigenvalue weighted by Gasteiger charge is -2.05. The summed E-state index contributed by atoms with van der Waals surface area (Å²) in [6.45, 7) is 4.29. The summed E-state index contributed by atoms with van der Waals surface area (Å²) < 4.78 is 5.15. The second-order valence-electron chi connectivity index (χ2n) is 4.04. The van der Waals surface area contributed by atoms with Crippen LogP contribution in [0.25, 0.3) is 0 Å². The summed E-state index contributed by atoms with van der Waals surface area (Å²) in [6.07, 6.45) is 3.90. The van der Waals surface area contributed by atoms with Gasteiger partial charge in [-0.2, -0.15) is 0 Å². The molecular weight excluding hydrogens is 262 g/mol. The third-order valence-electron chi connectivity index (χ3n) is 2.37. The van der Waals surface area contributed by atoms with Crippen molar-refractivity contribution in [1.82, 2.24) is 10.6 Å². The van der Waals surface area contributed by atoms with Crippen LogP contribution < -0.4 is 10.6 Å². The first-order valence-corrected chi connectivity index (χ1v) is 6.92. The van der Waals surface area contributed by atoms with Gasteiger partial charge in [0.05, 0.1) is 0 Å². The lowest BCUT2D eigenvalue weighted by molar-refractivity contribution is -0.121. The monoisotopic (exact) mass is 287 g/mol. The van der Waals surface area contributed by atoms with Crippen LogP contribution in [0.15, 0.2) is 5.16 Å². The van der Waals surface area contributed by atoms with Crippen LogP contribution in [-0.4, -0.2) is 51.4 Å². The normalized spacial score (nSPS) is 10.5. The van der Waals surface area contributed by atoms with Gasteiger partial charge in [0, 0.05) is 33.2 Å². The van der Waals surface area contributed by atoms with E-state index in [0.717, 1.165) is 25.5 Å². The van der Waals surface area contributed by atoms with Crippen molar-refractivity contribution in [3.05, 3.63) is 0 Å². The number of oxime groups is 1. The first kappa shape index (κ1) is 18.4. The molecule has 0 aromatic carbocycles. The molecule has 0 atom stereocenters. The minimum absolute atomic E-state index is 0.0447. The summed E-state index contributed by atoms with van der Waals surface area (Å²) in [5.74, 6) is -0.257. The van der Waals surface area contributed by atoms with Gasteiger partial charge in [-0.1, -0.05) is 5.16 Å². The standard InChI is InChI=1S/C13H25N3O4/c1-3-19-9-6-7-12(17)15-8-4-5-10-20-16-11-13(18)14-2/h11H,3-10H2,1-2H3,(H,14,18)(H,15,17)/b16-11-. The number of nitrogens with one attached hydrogen (secondary N) is 2. The molecule has 0 saturated carbocycles. The molecular formula is C13H25N3O4. The average Bonchev–Trinajstić information content (AvgIpc) is 2.46. The summed E-state index contributed by atoms with van der Waals surface area (Å²) in [7, 11) is 1.52. The highest BCUT2D eigenvalue weighted by atomic mass is 16.6. The number of nitrogens with zero attached hydrogens (tertiary/aromatic N) is 1. The van der Waals surface area contributed by atoms with Gasteiger partial charge in [-0.05, 0) is 26.2 Å². The maximum absolute atomic E-state index is 11.4. The zero-order chi connectivity index (χ0) is 15.1. The van der Waals surface area contributed by atoms with E-state index in [2.05, 4.69) is 15.8 Å². The molecule has 0 unspecified atom stereocenters. The zero-order valence-corrected chi connectivity index (χ0v) is 12.3. The maximum atomic E-state index is 11.4. The van der Waals surface area contributed by atoms with E-state index in [1.54, 1.807) is 0 Å². The van der Waals surface area contributed by atoms with Gasteiger partial charge in [0.25, 0.3) is 5.91 Å². The Labute approximate surface area is 120 Å². The van der Waals surface area contributed by atoms with Gasteiger partial charge in [-0.25, -0.2) is 0 Å². The molecule has 0 radical (unpaired) electrons. The molecule has 0 heterocycles. The molecule has 2 amide bonds. The van der Waals surface area contributed by atoms with E-state index in [1.165, 1.54) is 7.05 Å². The smallest absolute Gasteiger partial charge is 0.265 e. The second-order valence-corrected chi connectivity index (χ2v) is 4.04. The van der Waals surface area contributed by atoms with Gasteiger partial charge in [-0.3, -0.25) is 9.59 Å². The molecule has 0 rings (SSSR count). The average molecular weight is 287 g/mol. The van der Waals surface area contributed by atoms with E-state index in [4.69, 9.17) is 9.57 Å². The maximum Gasteiger partial charge on any atom is 0.265 e. The number of carbonyl (C=O) groups excluding carboxylic acids is 2. The Kier molecular flexibility index (Phi) is 12.7. The van der Waals surface area contributed by atoms with E-state index in [0.29, 0.717) is 32.8 Å². The second kappa shape index (κ2) is 13.8. The Hall–Kier alpha value is -1.63. The first-order valence-electron chi connectivity index (χ1n) is 6.92. The number of ether oxygens (including phenoxy) is 1. The lowest BCUT2D eigenvalue weighted by atomic mass is 10.3. The van der Waals surface area contributed by atoms with Crippen LogP contribution in [-0.2, 0) is 19.2 Å². The van der Waals surface area contributed by atoms with Gasteiger partial charge in [0.15, 0.2) is 0 Å². The number of hydrogen-bond donors (Lipinski definition) is 2.